The van der Waals surface area contributed by atoms with Gasteiger partial charge in [-0.1, -0.05) is 26.8 Å². The van der Waals surface area contributed by atoms with Crippen LogP contribution in [0.1, 0.15) is 27.2 Å². The molecule has 0 N–H and O–H groups in total. The lowest BCUT2D eigenvalue weighted by atomic mass is 10.1. The number of hydrogen-bond donors (Lipinski definition) is 1. The second-order valence-corrected chi connectivity index (χ2v) is 4.32. The lowest BCUT2D eigenvalue weighted by Crippen LogP contribution is -2.39. The average Bonchev–Trinajstić information content (AvgIpc) is 2.15. The number of rotatable bonds is 6. The van der Waals surface area contributed by atoms with Crippen LogP contribution in [0, 0.1) is 5.92 Å². The summed E-state index contributed by atoms with van der Waals surface area (Å²) in [4.78, 5) is 13.7. The largest absolute Gasteiger partial charge is 0.338 e. The summed E-state index contributed by atoms with van der Waals surface area (Å²) in [7, 11) is 0. The number of thiol groups is 1. The van der Waals surface area contributed by atoms with E-state index in [0.29, 0.717) is 6.54 Å². The molecule has 0 saturated heterocycles. The highest BCUT2D eigenvalue weighted by Gasteiger charge is 2.22. The van der Waals surface area contributed by atoms with Crippen LogP contribution in [-0.4, -0.2) is 29.1 Å². The molecule has 0 aromatic rings. The minimum absolute atomic E-state index is 0.116. The summed E-state index contributed by atoms with van der Waals surface area (Å²) in [5, 5.41) is -0.193. The minimum Gasteiger partial charge on any atom is -0.338 e. The first-order valence-electron chi connectivity index (χ1n) is 5.12. The molecular formula is C11H21NOS. The topological polar surface area (TPSA) is 20.3 Å². The van der Waals surface area contributed by atoms with E-state index in [4.69, 9.17) is 0 Å². The third kappa shape index (κ3) is 4.18. The van der Waals surface area contributed by atoms with Crippen molar-refractivity contribution in [3.8, 4) is 0 Å². The molecule has 3 heteroatoms. The van der Waals surface area contributed by atoms with E-state index < -0.39 is 0 Å². The summed E-state index contributed by atoms with van der Waals surface area (Å²) in [6.45, 7) is 11.1. The predicted molar refractivity (Wildman–Crippen MR) is 64.7 cm³/mol. The molecule has 0 spiro atoms. The predicted octanol–water partition coefficient (Wildman–Crippen LogP) is 2.37. The van der Waals surface area contributed by atoms with Crippen molar-refractivity contribution in [1.29, 1.82) is 0 Å². The Kier molecular flexibility index (Phi) is 6.71. The van der Waals surface area contributed by atoms with E-state index in [1.807, 2.05) is 18.7 Å². The van der Waals surface area contributed by atoms with Gasteiger partial charge in [0.2, 0.25) is 5.91 Å². The van der Waals surface area contributed by atoms with Crippen LogP contribution < -0.4 is 0 Å². The smallest absolute Gasteiger partial charge is 0.235 e. The van der Waals surface area contributed by atoms with Crippen molar-refractivity contribution in [2.24, 2.45) is 5.92 Å². The number of hydrogen-bond acceptors (Lipinski definition) is 2. The van der Waals surface area contributed by atoms with Crippen LogP contribution in [0.3, 0.4) is 0 Å². The highest BCUT2D eigenvalue weighted by molar-refractivity contribution is 7.81. The quantitative estimate of drug-likeness (QED) is 0.533. The first kappa shape index (κ1) is 13.6. The Balaban J connectivity index is 4.33. The fourth-order valence-corrected chi connectivity index (χ4v) is 1.35. The zero-order valence-corrected chi connectivity index (χ0v) is 10.3. The first-order chi connectivity index (χ1) is 6.54. The standard InChI is InChI=1S/C11H21NOS/c1-5-7-12(8-6-2)11(13)10(14)9(3)4/h5,9-10,14H,1,6-8H2,2-4H3. The Labute approximate surface area is 92.8 Å². The van der Waals surface area contributed by atoms with E-state index in [2.05, 4.69) is 26.1 Å². The van der Waals surface area contributed by atoms with Crippen LogP contribution in [-0.2, 0) is 4.79 Å². The molecule has 0 rings (SSSR count). The first-order valence-corrected chi connectivity index (χ1v) is 5.64. The Morgan fingerprint density at radius 1 is 1.57 bits per heavy atom. The summed E-state index contributed by atoms with van der Waals surface area (Å²) in [5.74, 6) is 0.389. The maximum absolute atomic E-state index is 11.9. The average molecular weight is 215 g/mol. The van der Waals surface area contributed by atoms with E-state index >= 15 is 0 Å². The Morgan fingerprint density at radius 2 is 2.14 bits per heavy atom. The second-order valence-electron chi connectivity index (χ2n) is 3.76. The van der Waals surface area contributed by atoms with E-state index in [0.717, 1.165) is 13.0 Å². The molecule has 14 heavy (non-hydrogen) atoms. The normalized spacial score (nSPS) is 12.6. The Morgan fingerprint density at radius 3 is 2.50 bits per heavy atom. The van der Waals surface area contributed by atoms with Crippen molar-refractivity contribution in [2.75, 3.05) is 13.1 Å². The van der Waals surface area contributed by atoms with E-state index in [-0.39, 0.29) is 17.1 Å². The molecular weight excluding hydrogens is 194 g/mol. The van der Waals surface area contributed by atoms with Gasteiger partial charge in [-0.15, -0.1) is 6.58 Å². The molecule has 1 atom stereocenters. The molecule has 0 heterocycles. The van der Waals surface area contributed by atoms with E-state index in [1.165, 1.54) is 0 Å². The van der Waals surface area contributed by atoms with Crippen molar-refractivity contribution in [3.63, 3.8) is 0 Å². The number of carbonyl (C=O) groups excluding carboxylic acids is 1. The van der Waals surface area contributed by atoms with E-state index in [1.54, 1.807) is 6.08 Å². The number of carbonyl (C=O) groups is 1. The SMILES string of the molecule is C=CCN(CCC)C(=O)C(S)C(C)C. The van der Waals surface area contributed by atoms with E-state index in [9.17, 15) is 4.79 Å². The minimum atomic E-state index is -0.193. The third-order valence-electron chi connectivity index (χ3n) is 2.04. The lowest BCUT2D eigenvalue weighted by molar-refractivity contribution is -0.130. The van der Waals surface area contributed by atoms with Crippen LogP contribution in [0.4, 0.5) is 0 Å². The molecule has 0 radical (unpaired) electrons. The molecule has 2 nitrogen and oxygen atoms in total. The zero-order valence-electron chi connectivity index (χ0n) is 9.36. The number of amides is 1. The molecule has 1 amide bonds. The van der Waals surface area contributed by atoms with Crippen molar-refractivity contribution < 1.29 is 4.79 Å². The molecule has 0 aromatic carbocycles. The Hall–Kier alpha value is -0.440. The van der Waals surface area contributed by atoms with Gasteiger partial charge in [-0.25, -0.2) is 0 Å². The zero-order chi connectivity index (χ0) is 11.1. The summed E-state index contributed by atoms with van der Waals surface area (Å²) in [6.07, 6.45) is 2.73. The van der Waals surface area contributed by atoms with Gasteiger partial charge in [-0.2, -0.15) is 12.6 Å². The van der Waals surface area contributed by atoms with Gasteiger partial charge in [0, 0.05) is 13.1 Å². The monoisotopic (exact) mass is 215 g/mol. The highest BCUT2D eigenvalue weighted by Crippen LogP contribution is 2.12. The summed E-state index contributed by atoms with van der Waals surface area (Å²) >= 11 is 4.32. The Bertz CT molecular complexity index is 192. The molecule has 82 valence electrons. The van der Waals surface area contributed by atoms with Crippen LogP contribution in [0.5, 0.6) is 0 Å². The highest BCUT2D eigenvalue weighted by atomic mass is 32.1. The van der Waals surface area contributed by atoms with Crippen molar-refractivity contribution in [3.05, 3.63) is 12.7 Å². The fourth-order valence-electron chi connectivity index (χ4n) is 1.19. The van der Waals surface area contributed by atoms with Gasteiger partial charge < -0.3 is 4.90 Å². The summed E-state index contributed by atoms with van der Waals surface area (Å²) in [6, 6.07) is 0. The van der Waals surface area contributed by atoms with Crippen molar-refractivity contribution >= 4 is 18.5 Å². The van der Waals surface area contributed by atoms with Crippen LogP contribution in [0.15, 0.2) is 12.7 Å². The number of nitrogens with zero attached hydrogens (tertiary/aromatic N) is 1. The second kappa shape index (κ2) is 6.93. The molecule has 0 bridgehead atoms. The van der Waals surface area contributed by atoms with Crippen LogP contribution >= 0.6 is 12.6 Å². The van der Waals surface area contributed by atoms with Gasteiger partial charge >= 0.3 is 0 Å². The fraction of sp³-hybridized carbons (Fsp3) is 0.727. The van der Waals surface area contributed by atoms with Crippen molar-refractivity contribution in [2.45, 2.75) is 32.4 Å². The molecule has 0 aromatic heterocycles. The molecule has 0 aliphatic carbocycles. The summed E-state index contributed by atoms with van der Waals surface area (Å²) < 4.78 is 0. The summed E-state index contributed by atoms with van der Waals surface area (Å²) in [5.41, 5.74) is 0. The molecule has 0 fully saturated rings. The van der Waals surface area contributed by atoms with Crippen LogP contribution in [0.2, 0.25) is 0 Å². The van der Waals surface area contributed by atoms with Gasteiger partial charge in [0.05, 0.1) is 5.25 Å². The van der Waals surface area contributed by atoms with Gasteiger partial charge in [-0.05, 0) is 12.3 Å². The maximum Gasteiger partial charge on any atom is 0.235 e. The van der Waals surface area contributed by atoms with Gasteiger partial charge in [-0.3, -0.25) is 4.79 Å². The molecule has 0 aliphatic rings. The van der Waals surface area contributed by atoms with Crippen molar-refractivity contribution in [1.82, 2.24) is 4.90 Å². The van der Waals surface area contributed by atoms with Gasteiger partial charge in [0.15, 0.2) is 0 Å². The molecule has 1 unspecified atom stereocenters. The third-order valence-corrected chi connectivity index (χ3v) is 2.86. The van der Waals surface area contributed by atoms with Crippen LogP contribution in [0.25, 0.3) is 0 Å². The molecule has 0 aliphatic heterocycles. The molecule has 0 saturated carbocycles. The van der Waals surface area contributed by atoms with Gasteiger partial charge in [0.1, 0.15) is 0 Å². The lowest BCUT2D eigenvalue weighted by Gasteiger charge is -2.25. The maximum atomic E-state index is 11.9. The van der Waals surface area contributed by atoms with Gasteiger partial charge in [0.25, 0.3) is 0 Å².